The van der Waals surface area contributed by atoms with Gasteiger partial charge in [0.2, 0.25) is 0 Å². The first kappa shape index (κ1) is 13.4. The molecule has 0 radical (unpaired) electrons. The summed E-state index contributed by atoms with van der Waals surface area (Å²) < 4.78 is 6.76. The summed E-state index contributed by atoms with van der Waals surface area (Å²) in [6.07, 6.45) is 7.25. The fraction of sp³-hybridized carbons (Fsp3) is 0.312. The van der Waals surface area contributed by atoms with Gasteiger partial charge in [-0.15, -0.1) is 0 Å². The van der Waals surface area contributed by atoms with Crippen LogP contribution in [0.15, 0.2) is 41.1 Å². The Balaban J connectivity index is 1.48. The van der Waals surface area contributed by atoms with Crippen LogP contribution < -0.4 is 10.1 Å². The quantitative estimate of drug-likeness (QED) is 0.845. The van der Waals surface area contributed by atoms with E-state index in [0.717, 1.165) is 22.5 Å². The molecule has 104 valence electrons. The first-order chi connectivity index (χ1) is 9.81. The Kier molecular flexibility index (Phi) is 4.21. The second kappa shape index (κ2) is 6.27. The van der Waals surface area contributed by atoms with Crippen LogP contribution in [-0.4, -0.2) is 18.1 Å². The highest BCUT2D eigenvalue weighted by atomic mass is 79.9. The summed E-state index contributed by atoms with van der Waals surface area (Å²) in [5.41, 5.74) is 3.93. The Morgan fingerprint density at radius 2 is 2.05 bits per heavy atom. The van der Waals surface area contributed by atoms with Crippen molar-refractivity contribution in [3.05, 3.63) is 52.3 Å². The number of anilines is 1. The molecule has 1 N–H and O–H groups in total. The summed E-state index contributed by atoms with van der Waals surface area (Å²) in [4.78, 5) is 4.11. The summed E-state index contributed by atoms with van der Waals surface area (Å²) in [5, 5.41) is 3.29. The van der Waals surface area contributed by atoms with Gasteiger partial charge < -0.3 is 10.1 Å². The molecule has 20 heavy (non-hydrogen) atoms. The van der Waals surface area contributed by atoms with E-state index in [4.69, 9.17) is 4.74 Å². The van der Waals surface area contributed by atoms with Gasteiger partial charge in [0.1, 0.15) is 12.4 Å². The molecular weight excluding hydrogens is 316 g/mol. The number of hydrogen-bond donors (Lipinski definition) is 1. The molecule has 0 bridgehead atoms. The number of aromatic nitrogens is 1. The molecule has 0 atom stereocenters. The molecular formula is C16H17BrN2O. The Morgan fingerprint density at radius 1 is 1.15 bits per heavy atom. The van der Waals surface area contributed by atoms with Crippen molar-refractivity contribution >= 4 is 21.6 Å². The highest BCUT2D eigenvalue weighted by Gasteiger charge is 2.10. The number of aryl methyl sites for hydroxylation is 2. The van der Waals surface area contributed by atoms with E-state index in [1.807, 2.05) is 6.07 Å². The Morgan fingerprint density at radius 3 is 2.95 bits per heavy atom. The van der Waals surface area contributed by atoms with Gasteiger partial charge in [-0.3, -0.25) is 4.98 Å². The summed E-state index contributed by atoms with van der Waals surface area (Å²) in [6, 6.07) is 8.46. The molecule has 1 heterocycles. The van der Waals surface area contributed by atoms with Crippen LogP contribution in [0.25, 0.3) is 0 Å². The molecule has 3 nitrogen and oxygen atoms in total. The third-order valence-corrected chi connectivity index (χ3v) is 3.91. The van der Waals surface area contributed by atoms with Crippen LogP contribution in [0.5, 0.6) is 5.75 Å². The second-order valence-corrected chi connectivity index (χ2v) is 5.87. The van der Waals surface area contributed by atoms with E-state index in [1.165, 1.54) is 30.4 Å². The SMILES string of the molecule is Brc1cncc(NCCOc2ccc3c(c2)CCC3)c1. The zero-order valence-electron chi connectivity index (χ0n) is 11.2. The van der Waals surface area contributed by atoms with Crippen LogP contribution in [0.2, 0.25) is 0 Å². The number of rotatable bonds is 5. The van der Waals surface area contributed by atoms with Crippen molar-refractivity contribution in [3.8, 4) is 5.75 Å². The van der Waals surface area contributed by atoms with Gasteiger partial charge in [0.15, 0.2) is 0 Å². The molecule has 1 aliphatic rings. The number of fused-ring (bicyclic) bond motifs is 1. The van der Waals surface area contributed by atoms with Crippen molar-refractivity contribution in [2.24, 2.45) is 0 Å². The maximum Gasteiger partial charge on any atom is 0.119 e. The zero-order chi connectivity index (χ0) is 13.8. The molecule has 0 saturated heterocycles. The zero-order valence-corrected chi connectivity index (χ0v) is 12.8. The molecule has 0 fully saturated rings. The highest BCUT2D eigenvalue weighted by Crippen LogP contribution is 2.25. The predicted octanol–water partition coefficient (Wildman–Crippen LogP) is 3.82. The van der Waals surface area contributed by atoms with Crippen LogP contribution >= 0.6 is 15.9 Å². The summed E-state index contributed by atoms with van der Waals surface area (Å²) in [7, 11) is 0. The predicted molar refractivity (Wildman–Crippen MR) is 84.4 cm³/mol. The molecule has 1 aromatic carbocycles. The summed E-state index contributed by atoms with van der Waals surface area (Å²) in [5.74, 6) is 0.972. The van der Waals surface area contributed by atoms with Gasteiger partial charge in [-0.1, -0.05) is 6.07 Å². The van der Waals surface area contributed by atoms with Crippen molar-refractivity contribution in [2.45, 2.75) is 19.3 Å². The van der Waals surface area contributed by atoms with E-state index in [2.05, 4.69) is 44.4 Å². The average Bonchev–Trinajstić information content (AvgIpc) is 2.91. The van der Waals surface area contributed by atoms with Gasteiger partial charge in [-0.05, 0) is 64.5 Å². The molecule has 0 saturated carbocycles. The van der Waals surface area contributed by atoms with Crippen molar-refractivity contribution in [3.63, 3.8) is 0 Å². The van der Waals surface area contributed by atoms with Crippen molar-refractivity contribution < 1.29 is 4.74 Å². The van der Waals surface area contributed by atoms with E-state index in [1.54, 1.807) is 12.4 Å². The van der Waals surface area contributed by atoms with Crippen LogP contribution in [-0.2, 0) is 12.8 Å². The molecule has 3 rings (SSSR count). The Hall–Kier alpha value is -1.55. The average molecular weight is 333 g/mol. The fourth-order valence-corrected chi connectivity index (χ4v) is 2.88. The molecule has 4 heteroatoms. The van der Waals surface area contributed by atoms with E-state index >= 15 is 0 Å². The van der Waals surface area contributed by atoms with Crippen molar-refractivity contribution in [1.29, 1.82) is 0 Å². The minimum atomic E-state index is 0.644. The number of hydrogen-bond acceptors (Lipinski definition) is 3. The summed E-state index contributed by atoms with van der Waals surface area (Å²) in [6.45, 7) is 1.40. The van der Waals surface area contributed by atoms with Gasteiger partial charge in [0, 0.05) is 17.2 Å². The lowest BCUT2D eigenvalue weighted by molar-refractivity contribution is 0.332. The van der Waals surface area contributed by atoms with Crippen LogP contribution in [0.4, 0.5) is 5.69 Å². The van der Waals surface area contributed by atoms with Gasteiger partial charge in [0.05, 0.1) is 11.9 Å². The second-order valence-electron chi connectivity index (χ2n) is 4.95. The van der Waals surface area contributed by atoms with Gasteiger partial charge in [-0.25, -0.2) is 0 Å². The van der Waals surface area contributed by atoms with Crippen molar-refractivity contribution in [1.82, 2.24) is 4.98 Å². The monoisotopic (exact) mass is 332 g/mol. The first-order valence-electron chi connectivity index (χ1n) is 6.90. The normalized spacial score (nSPS) is 13.1. The lowest BCUT2D eigenvalue weighted by Gasteiger charge is -2.10. The Labute approximate surface area is 127 Å². The van der Waals surface area contributed by atoms with Gasteiger partial charge >= 0.3 is 0 Å². The number of nitrogens with zero attached hydrogens (tertiary/aromatic N) is 1. The molecule has 1 aliphatic carbocycles. The third kappa shape index (κ3) is 3.31. The smallest absolute Gasteiger partial charge is 0.119 e. The molecule has 1 aromatic heterocycles. The molecule has 0 unspecified atom stereocenters. The number of halogens is 1. The maximum absolute atomic E-state index is 5.79. The van der Waals surface area contributed by atoms with E-state index in [0.29, 0.717) is 6.61 Å². The lowest BCUT2D eigenvalue weighted by atomic mass is 10.1. The van der Waals surface area contributed by atoms with Crippen LogP contribution in [0, 0.1) is 0 Å². The van der Waals surface area contributed by atoms with E-state index in [9.17, 15) is 0 Å². The third-order valence-electron chi connectivity index (χ3n) is 3.47. The maximum atomic E-state index is 5.79. The lowest BCUT2D eigenvalue weighted by Crippen LogP contribution is -2.11. The largest absolute Gasteiger partial charge is 0.492 e. The molecule has 0 spiro atoms. The molecule has 0 amide bonds. The van der Waals surface area contributed by atoms with Crippen molar-refractivity contribution in [2.75, 3.05) is 18.5 Å². The number of pyridine rings is 1. The topological polar surface area (TPSA) is 34.2 Å². The van der Waals surface area contributed by atoms with Gasteiger partial charge in [-0.2, -0.15) is 0 Å². The highest BCUT2D eigenvalue weighted by molar-refractivity contribution is 9.10. The number of benzene rings is 1. The first-order valence-corrected chi connectivity index (χ1v) is 7.69. The summed E-state index contributed by atoms with van der Waals surface area (Å²) >= 11 is 3.40. The van der Waals surface area contributed by atoms with E-state index < -0.39 is 0 Å². The fourth-order valence-electron chi connectivity index (χ4n) is 2.51. The van der Waals surface area contributed by atoms with Crippen LogP contribution in [0.3, 0.4) is 0 Å². The minimum Gasteiger partial charge on any atom is -0.492 e. The minimum absolute atomic E-state index is 0.644. The van der Waals surface area contributed by atoms with Gasteiger partial charge in [0.25, 0.3) is 0 Å². The van der Waals surface area contributed by atoms with E-state index in [-0.39, 0.29) is 0 Å². The number of nitrogens with one attached hydrogen (secondary N) is 1. The van der Waals surface area contributed by atoms with Crippen LogP contribution in [0.1, 0.15) is 17.5 Å². The standard InChI is InChI=1S/C16H17BrN2O/c17-14-9-15(11-18-10-14)19-6-7-20-16-5-4-12-2-1-3-13(12)8-16/h4-5,8-11,19H,1-3,6-7H2. The molecule has 0 aliphatic heterocycles. The molecule has 2 aromatic rings. The Bertz CT molecular complexity index is 601. The number of ether oxygens (including phenoxy) is 1.